The summed E-state index contributed by atoms with van der Waals surface area (Å²) in [6.07, 6.45) is 25.1. The number of hydrogen-bond donors (Lipinski definition) is 1. The average Bonchev–Trinajstić information content (AvgIpc) is 2.61. The molecule has 0 fully saturated rings. The summed E-state index contributed by atoms with van der Waals surface area (Å²) >= 11 is 0. The molecule has 0 aliphatic heterocycles. The second-order valence-corrected chi connectivity index (χ2v) is 7.13. The molecule has 0 bridgehead atoms. The molecule has 3 rings (SSSR count). The third-order valence-electron chi connectivity index (χ3n) is 5.34. The fourth-order valence-corrected chi connectivity index (χ4v) is 3.70. The Balaban J connectivity index is 1.65. The number of allylic oxidation sites excluding steroid dienone is 10. The second-order valence-electron chi connectivity index (χ2n) is 7.13. The van der Waals surface area contributed by atoms with Gasteiger partial charge in [-0.3, -0.25) is 0 Å². The molecule has 0 heterocycles. The monoisotopic (exact) mass is 319 g/mol. The van der Waals surface area contributed by atoms with Crippen molar-refractivity contribution >= 4 is 0 Å². The molecule has 1 nitrogen and oxygen atoms in total. The maximum Gasteiger partial charge on any atom is 0.0335 e. The van der Waals surface area contributed by atoms with Gasteiger partial charge in [-0.05, 0) is 67.7 Å². The van der Waals surface area contributed by atoms with Crippen molar-refractivity contribution in [1.29, 1.82) is 0 Å². The van der Waals surface area contributed by atoms with Crippen molar-refractivity contribution in [3.05, 3.63) is 83.1 Å². The molecule has 2 N–H and O–H groups in total. The van der Waals surface area contributed by atoms with Crippen molar-refractivity contribution < 1.29 is 0 Å². The quantitative estimate of drug-likeness (QED) is 0.706. The second kappa shape index (κ2) is 7.81. The topological polar surface area (TPSA) is 26.0 Å². The van der Waals surface area contributed by atoms with E-state index in [0.717, 1.165) is 12.8 Å². The Labute approximate surface area is 146 Å². The van der Waals surface area contributed by atoms with Crippen LogP contribution in [0, 0.1) is 5.92 Å². The van der Waals surface area contributed by atoms with Crippen LogP contribution in [-0.4, -0.2) is 6.04 Å². The van der Waals surface area contributed by atoms with Gasteiger partial charge in [-0.25, -0.2) is 0 Å². The Kier molecular flexibility index (Phi) is 5.52. The zero-order chi connectivity index (χ0) is 16.9. The molecule has 1 heteroatoms. The van der Waals surface area contributed by atoms with Crippen LogP contribution in [0.25, 0.3) is 0 Å². The van der Waals surface area contributed by atoms with E-state index in [2.05, 4.69) is 62.1 Å². The molecule has 3 aliphatic carbocycles. The van der Waals surface area contributed by atoms with Gasteiger partial charge >= 0.3 is 0 Å². The highest BCUT2D eigenvalue weighted by Crippen LogP contribution is 2.31. The molecule has 0 aromatic carbocycles. The fraction of sp³-hybridized carbons (Fsp3) is 0.391. The highest BCUT2D eigenvalue weighted by atomic mass is 14.6. The van der Waals surface area contributed by atoms with Crippen LogP contribution in [0.4, 0.5) is 0 Å². The molecule has 0 saturated heterocycles. The van der Waals surface area contributed by atoms with Crippen molar-refractivity contribution in [3.8, 4) is 0 Å². The maximum atomic E-state index is 6.23. The molecule has 3 aliphatic rings. The predicted molar refractivity (Wildman–Crippen MR) is 105 cm³/mol. The minimum Gasteiger partial charge on any atom is -0.324 e. The Morgan fingerprint density at radius 2 is 2.25 bits per heavy atom. The molecular formula is C23H29N. The van der Waals surface area contributed by atoms with Gasteiger partial charge in [0.15, 0.2) is 0 Å². The normalized spacial score (nSPS) is 27.7. The van der Waals surface area contributed by atoms with Gasteiger partial charge in [-0.1, -0.05) is 60.8 Å². The van der Waals surface area contributed by atoms with E-state index >= 15 is 0 Å². The third-order valence-corrected chi connectivity index (χ3v) is 5.34. The molecule has 2 unspecified atom stereocenters. The van der Waals surface area contributed by atoms with E-state index in [1.165, 1.54) is 48.0 Å². The maximum absolute atomic E-state index is 6.23. The SMILES string of the molecule is C=C1C=C(C2=CC=CCC2N)C=CC1C/C=C(\C)C1=CCCCC1. The zero-order valence-corrected chi connectivity index (χ0v) is 14.8. The van der Waals surface area contributed by atoms with Gasteiger partial charge in [0.2, 0.25) is 0 Å². The zero-order valence-electron chi connectivity index (χ0n) is 14.8. The first-order valence-electron chi connectivity index (χ1n) is 9.22. The summed E-state index contributed by atoms with van der Waals surface area (Å²) in [7, 11) is 0. The first-order valence-corrected chi connectivity index (χ1v) is 9.22. The van der Waals surface area contributed by atoms with Gasteiger partial charge in [0, 0.05) is 12.0 Å². The molecule has 0 aromatic rings. The molecule has 0 radical (unpaired) electrons. The van der Waals surface area contributed by atoms with Crippen LogP contribution in [-0.2, 0) is 0 Å². The van der Waals surface area contributed by atoms with Crippen molar-refractivity contribution in [2.24, 2.45) is 11.7 Å². The molecule has 2 atom stereocenters. The van der Waals surface area contributed by atoms with E-state index in [-0.39, 0.29) is 6.04 Å². The molecule has 126 valence electrons. The Hall–Kier alpha value is -1.86. The number of hydrogen-bond acceptors (Lipinski definition) is 1. The highest BCUT2D eigenvalue weighted by Gasteiger charge is 2.18. The minimum absolute atomic E-state index is 0.107. The van der Waals surface area contributed by atoms with Crippen LogP contribution >= 0.6 is 0 Å². The van der Waals surface area contributed by atoms with Crippen LogP contribution in [0.2, 0.25) is 0 Å². The Morgan fingerprint density at radius 3 is 2.96 bits per heavy atom. The largest absolute Gasteiger partial charge is 0.324 e. The lowest BCUT2D eigenvalue weighted by Gasteiger charge is -2.23. The minimum atomic E-state index is 0.107. The fourth-order valence-electron chi connectivity index (χ4n) is 3.70. The molecule has 0 aromatic heterocycles. The van der Waals surface area contributed by atoms with Crippen LogP contribution in [0.3, 0.4) is 0 Å². The first-order chi connectivity index (χ1) is 11.6. The van der Waals surface area contributed by atoms with E-state index < -0.39 is 0 Å². The third kappa shape index (κ3) is 3.96. The summed E-state index contributed by atoms with van der Waals surface area (Å²) in [5, 5.41) is 0. The van der Waals surface area contributed by atoms with E-state index in [9.17, 15) is 0 Å². The van der Waals surface area contributed by atoms with Gasteiger partial charge in [0.05, 0.1) is 0 Å². The van der Waals surface area contributed by atoms with Crippen molar-refractivity contribution in [3.63, 3.8) is 0 Å². The summed E-state index contributed by atoms with van der Waals surface area (Å²) in [4.78, 5) is 0. The van der Waals surface area contributed by atoms with Crippen LogP contribution < -0.4 is 5.73 Å². The molecule has 0 saturated carbocycles. The van der Waals surface area contributed by atoms with Crippen LogP contribution in [0.15, 0.2) is 83.1 Å². The number of rotatable bonds is 4. The average molecular weight is 319 g/mol. The number of nitrogens with two attached hydrogens (primary N) is 1. The van der Waals surface area contributed by atoms with E-state index in [1.54, 1.807) is 5.57 Å². The lowest BCUT2D eigenvalue weighted by molar-refractivity contribution is 0.703. The van der Waals surface area contributed by atoms with Crippen LogP contribution in [0.5, 0.6) is 0 Å². The predicted octanol–water partition coefficient (Wildman–Crippen LogP) is 5.71. The first kappa shape index (κ1) is 17.0. The van der Waals surface area contributed by atoms with Crippen molar-refractivity contribution in [1.82, 2.24) is 0 Å². The molecular weight excluding hydrogens is 290 g/mol. The summed E-state index contributed by atoms with van der Waals surface area (Å²) < 4.78 is 0. The van der Waals surface area contributed by atoms with Gasteiger partial charge in [0.25, 0.3) is 0 Å². The van der Waals surface area contributed by atoms with Gasteiger partial charge in [-0.15, -0.1) is 0 Å². The highest BCUT2D eigenvalue weighted by molar-refractivity contribution is 5.52. The summed E-state index contributed by atoms with van der Waals surface area (Å²) in [6, 6.07) is 0.107. The molecule has 0 spiro atoms. The molecule has 0 amide bonds. The summed E-state index contributed by atoms with van der Waals surface area (Å²) in [6.45, 7) is 6.55. The smallest absolute Gasteiger partial charge is 0.0335 e. The standard InChI is InChI=1S/C23H29N/c1-17(19-8-4-3-5-9-19)12-13-20-14-15-21(16-18(20)2)22-10-6-7-11-23(22)24/h6-8,10,12,14-16,20,23H,2-5,9,11,13,24H2,1H3/b17-12+. The molecule has 24 heavy (non-hydrogen) atoms. The van der Waals surface area contributed by atoms with Gasteiger partial charge in [0.1, 0.15) is 0 Å². The summed E-state index contributed by atoms with van der Waals surface area (Å²) in [5.74, 6) is 0.406. The van der Waals surface area contributed by atoms with Crippen molar-refractivity contribution in [2.75, 3.05) is 0 Å². The van der Waals surface area contributed by atoms with Gasteiger partial charge < -0.3 is 5.73 Å². The lowest BCUT2D eigenvalue weighted by Crippen LogP contribution is -2.24. The Bertz CT molecular complexity index is 679. The van der Waals surface area contributed by atoms with Crippen LogP contribution in [0.1, 0.15) is 45.4 Å². The van der Waals surface area contributed by atoms with E-state index in [0.29, 0.717) is 5.92 Å². The Morgan fingerprint density at radius 1 is 1.38 bits per heavy atom. The lowest BCUT2D eigenvalue weighted by atomic mass is 9.83. The van der Waals surface area contributed by atoms with Gasteiger partial charge in [-0.2, -0.15) is 0 Å². The van der Waals surface area contributed by atoms with Crippen molar-refractivity contribution in [2.45, 2.75) is 51.5 Å². The van der Waals surface area contributed by atoms with E-state index in [4.69, 9.17) is 5.73 Å². The van der Waals surface area contributed by atoms with E-state index in [1.807, 2.05) is 0 Å². The summed E-state index contributed by atoms with van der Waals surface area (Å²) in [5.41, 5.74) is 12.9.